The van der Waals surface area contributed by atoms with Crippen LogP contribution in [0.4, 0.5) is 0 Å². The van der Waals surface area contributed by atoms with Crippen LogP contribution in [0, 0.1) is 28.6 Å². The smallest absolute Gasteiger partial charge is 0.303 e. The maximum atomic E-state index is 10.9. The van der Waals surface area contributed by atoms with Crippen LogP contribution in [0.3, 0.4) is 0 Å². The van der Waals surface area contributed by atoms with Crippen molar-refractivity contribution in [2.24, 2.45) is 28.6 Å². The first-order valence-electron chi connectivity index (χ1n) is 8.36. The molecule has 1 N–H and O–H groups in total. The zero-order chi connectivity index (χ0) is 13.8. The van der Waals surface area contributed by atoms with Crippen molar-refractivity contribution in [1.82, 2.24) is 0 Å². The minimum absolute atomic E-state index is 0.179. The van der Waals surface area contributed by atoms with Crippen LogP contribution in [0.1, 0.15) is 57.8 Å². The van der Waals surface area contributed by atoms with E-state index in [1.807, 2.05) is 0 Å². The lowest BCUT2D eigenvalue weighted by Crippen LogP contribution is -2.47. The van der Waals surface area contributed by atoms with Gasteiger partial charge in [-0.2, -0.15) is 11.8 Å². The molecule has 3 heteroatoms. The molecule has 0 unspecified atom stereocenters. The van der Waals surface area contributed by atoms with Crippen molar-refractivity contribution in [2.45, 2.75) is 57.8 Å². The second kappa shape index (κ2) is 4.66. The summed E-state index contributed by atoms with van der Waals surface area (Å²) >= 11 is 2.09. The molecule has 0 radical (unpaired) electrons. The van der Waals surface area contributed by atoms with Crippen LogP contribution < -0.4 is 0 Å². The van der Waals surface area contributed by atoms with Gasteiger partial charge in [0.25, 0.3) is 0 Å². The van der Waals surface area contributed by atoms with Gasteiger partial charge in [0, 0.05) is 0 Å². The van der Waals surface area contributed by atoms with E-state index in [2.05, 4.69) is 11.8 Å². The van der Waals surface area contributed by atoms with E-state index in [1.165, 1.54) is 44.3 Å². The van der Waals surface area contributed by atoms with Crippen LogP contribution >= 0.6 is 11.8 Å². The van der Waals surface area contributed by atoms with Crippen molar-refractivity contribution in [2.75, 3.05) is 11.5 Å². The average Bonchev–Trinajstić information content (AvgIpc) is 3.05. The van der Waals surface area contributed by atoms with Crippen LogP contribution in [0.5, 0.6) is 0 Å². The topological polar surface area (TPSA) is 37.3 Å². The molecule has 0 amide bonds. The molecule has 5 aliphatic carbocycles. The van der Waals surface area contributed by atoms with Gasteiger partial charge in [-0.1, -0.05) is 0 Å². The maximum Gasteiger partial charge on any atom is 0.303 e. The molecular weight excluding hydrogens is 268 g/mol. The summed E-state index contributed by atoms with van der Waals surface area (Å²) in [6, 6.07) is 0. The molecule has 4 bridgehead atoms. The van der Waals surface area contributed by atoms with Gasteiger partial charge in [-0.25, -0.2) is 0 Å². The Hall–Kier alpha value is -0.180. The summed E-state index contributed by atoms with van der Waals surface area (Å²) < 4.78 is 0. The third-order valence-electron chi connectivity index (χ3n) is 6.46. The Morgan fingerprint density at radius 1 is 1.00 bits per heavy atom. The normalized spacial score (nSPS) is 43.7. The Kier molecular flexibility index (Phi) is 3.14. The zero-order valence-corrected chi connectivity index (χ0v) is 13.1. The Morgan fingerprint density at radius 2 is 1.55 bits per heavy atom. The number of aliphatic carboxylic acids is 1. The van der Waals surface area contributed by atoms with E-state index in [4.69, 9.17) is 5.11 Å². The Morgan fingerprint density at radius 3 is 2.00 bits per heavy atom. The first kappa shape index (κ1) is 13.5. The molecule has 5 rings (SSSR count). The minimum atomic E-state index is -0.599. The average molecular weight is 294 g/mol. The molecule has 0 aromatic rings. The van der Waals surface area contributed by atoms with Crippen molar-refractivity contribution < 1.29 is 9.90 Å². The van der Waals surface area contributed by atoms with Crippen molar-refractivity contribution in [1.29, 1.82) is 0 Å². The Bertz CT molecular complexity index is 378. The summed E-state index contributed by atoms with van der Waals surface area (Å²) in [5, 5.41) is 9.01. The second-order valence-electron chi connectivity index (χ2n) is 8.48. The summed E-state index contributed by atoms with van der Waals surface area (Å²) in [7, 11) is 0. The molecule has 0 aliphatic heterocycles. The molecular formula is C17H26O2S. The van der Waals surface area contributed by atoms with E-state index in [1.54, 1.807) is 0 Å². The summed E-state index contributed by atoms with van der Waals surface area (Å²) in [5.74, 6) is 4.93. The van der Waals surface area contributed by atoms with Crippen LogP contribution in [0.25, 0.3) is 0 Å². The van der Waals surface area contributed by atoms with Crippen LogP contribution in [0.2, 0.25) is 0 Å². The highest BCUT2D eigenvalue weighted by Crippen LogP contribution is 2.61. The van der Waals surface area contributed by atoms with Gasteiger partial charge in [0.1, 0.15) is 0 Å². The number of carboxylic acids is 1. The van der Waals surface area contributed by atoms with Gasteiger partial charge in [0.05, 0.1) is 6.42 Å². The lowest BCUT2D eigenvalue weighted by atomic mass is 9.50. The summed E-state index contributed by atoms with van der Waals surface area (Å²) in [4.78, 5) is 10.9. The number of hydrogen-bond acceptors (Lipinski definition) is 2. The second-order valence-corrected chi connectivity index (χ2v) is 9.47. The molecule has 0 saturated heterocycles. The van der Waals surface area contributed by atoms with Gasteiger partial charge >= 0.3 is 5.97 Å². The number of thioether (sulfide) groups is 1. The van der Waals surface area contributed by atoms with Gasteiger partial charge < -0.3 is 5.11 Å². The Labute approximate surface area is 126 Å². The highest BCUT2D eigenvalue weighted by Gasteiger charge is 2.51. The number of carbonyl (C=O) groups is 1. The third kappa shape index (κ3) is 2.51. The van der Waals surface area contributed by atoms with Crippen LogP contribution in [-0.2, 0) is 4.79 Å². The van der Waals surface area contributed by atoms with Gasteiger partial charge in [0.15, 0.2) is 0 Å². The van der Waals surface area contributed by atoms with E-state index in [-0.39, 0.29) is 5.41 Å². The lowest BCUT2D eigenvalue weighted by molar-refractivity contribution is -0.138. The quantitative estimate of drug-likeness (QED) is 0.798. The van der Waals surface area contributed by atoms with Crippen molar-refractivity contribution >= 4 is 17.7 Å². The largest absolute Gasteiger partial charge is 0.481 e. The van der Waals surface area contributed by atoms with Crippen molar-refractivity contribution in [3.63, 3.8) is 0 Å². The number of rotatable bonds is 6. The molecule has 0 atom stereocenters. The summed E-state index contributed by atoms with van der Waals surface area (Å²) in [6.45, 7) is 0. The molecule has 0 heterocycles. The fourth-order valence-corrected chi connectivity index (χ4v) is 7.53. The molecule has 5 saturated carbocycles. The van der Waals surface area contributed by atoms with Crippen LogP contribution in [-0.4, -0.2) is 22.6 Å². The minimum Gasteiger partial charge on any atom is -0.481 e. The first-order chi connectivity index (χ1) is 9.57. The lowest BCUT2D eigenvalue weighted by Gasteiger charge is -2.57. The molecule has 112 valence electrons. The molecule has 20 heavy (non-hydrogen) atoms. The zero-order valence-electron chi connectivity index (χ0n) is 12.3. The summed E-state index contributed by atoms with van der Waals surface area (Å²) in [6.07, 6.45) is 11.7. The number of hydrogen-bond donors (Lipinski definition) is 1. The first-order valence-corrected chi connectivity index (χ1v) is 9.52. The van der Waals surface area contributed by atoms with E-state index in [0.29, 0.717) is 11.8 Å². The van der Waals surface area contributed by atoms with Gasteiger partial charge in [-0.15, -0.1) is 0 Å². The van der Waals surface area contributed by atoms with Crippen molar-refractivity contribution in [3.05, 3.63) is 0 Å². The molecule has 5 fully saturated rings. The third-order valence-corrected chi connectivity index (χ3v) is 8.10. The summed E-state index contributed by atoms with van der Waals surface area (Å²) in [5.41, 5.74) is 0.831. The SMILES string of the molecule is O=C(O)CC1(CSCC23CC4CC(CC(C4)C2)C3)CC1. The van der Waals surface area contributed by atoms with Gasteiger partial charge in [-0.05, 0) is 91.5 Å². The number of carboxylic acid groups (broad SMARTS) is 1. The standard InChI is InChI=1S/C17H26O2S/c18-15(19)9-16(1-2-16)10-20-11-17-6-12-3-13(7-17)5-14(4-12)8-17/h12-14H,1-11H2,(H,18,19). The fourth-order valence-electron chi connectivity index (χ4n) is 5.82. The molecule has 5 aliphatic rings. The molecule has 0 aromatic carbocycles. The maximum absolute atomic E-state index is 10.9. The molecule has 0 aromatic heterocycles. The van der Waals surface area contributed by atoms with Crippen molar-refractivity contribution in [3.8, 4) is 0 Å². The highest BCUT2D eigenvalue weighted by atomic mass is 32.2. The fraction of sp³-hybridized carbons (Fsp3) is 0.941. The van der Waals surface area contributed by atoms with E-state index >= 15 is 0 Å². The van der Waals surface area contributed by atoms with Crippen LogP contribution in [0.15, 0.2) is 0 Å². The predicted molar refractivity (Wildman–Crippen MR) is 81.8 cm³/mol. The van der Waals surface area contributed by atoms with Gasteiger partial charge in [-0.3, -0.25) is 4.79 Å². The van der Waals surface area contributed by atoms with Gasteiger partial charge in [0.2, 0.25) is 0 Å². The highest BCUT2D eigenvalue weighted by molar-refractivity contribution is 7.99. The molecule has 0 spiro atoms. The van der Waals surface area contributed by atoms with E-state index in [0.717, 1.165) is 36.3 Å². The molecule has 2 nitrogen and oxygen atoms in total. The predicted octanol–water partition coefficient (Wildman–Crippen LogP) is 4.19. The monoisotopic (exact) mass is 294 g/mol. The Balaban J connectivity index is 1.32. The van der Waals surface area contributed by atoms with E-state index < -0.39 is 5.97 Å². The van der Waals surface area contributed by atoms with E-state index in [9.17, 15) is 4.79 Å².